The van der Waals surface area contributed by atoms with Gasteiger partial charge in [0.15, 0.2) is 0 Å². The minimum absolute atomic E-state index is 0.339. The van der Waals surface area contributed by atoms with Crippen molar-refractivity contribution in [2.45, 2.75) is 19.4 Å². The van der Waals surface area contributed by atoms with Gasteiger partial charge in [-0.25, -0.2) is 4.79 Å². The molecular weight excluding hydrogens is 278 g/mol. The highest BCUT2D eigenvalue weighted by molar-refractivity contribution is 6.09. The molecule has 1 aromatic rings. The molecule has 0 bridgehead atoms. The molecular formula is C17H17N3O2. The van der Waals surface area contributed by atoms with Gasteiger partial charge in [0, 0.05) is 12.6 Å². The van der Waals surface area contributed by atoms with Gasteiger partial charge in [0.1, 0.15) is 11.8 Å². The molecule has 1 unspecified atom stereocenters. The maximum absolute atomic E-state index is 11.6. The molecule has 1 saturated heterocycles. The second-order valence-electron chi connectivity index (χ2n) is 4.69. The first kappa shape index (κ1) is 15.5. The highest BCUT2D eigenvalue weighted by Gasteiger charge is 2.30. The van der Waals surface area contributed by atoms with Crippen LogP contribution in [0.4, 0.5) is 4.79 Å². The molecule has 5 nitrogen and oxygen atoms in total. The van der Waals surface area contributed by atoms with E-state index in [-0.39, 0.29) is 5.91 Å². The predicted molar refractivity (Wildman–Crippen MR) is 85.5 cm³/mol. The van der Waals surface area contributed by atoms with E-state index in [1.807, 2.05) is 31.2 Å². The fourth-order valence-electron chi connectivity index (χ4n) is 1.95. The van der Waals surface area contributed by atoms with Crippen LogP contribution in [0.3, 0.4) is 0 Å². The smallest absolute Gasteiger partial charge is 0.322 e. The van der Waals surface area contributed by atoms with E-state index in [1.165, 1.54) is 0 Å². The maximum Gasteiger partial charge on any atom is 0.322 e. The quantitative estimate of drug-likeness (QED) is 0.508. The van der Waals surface area contributed by atoms with Crippen molar-refractivity contribution < 1.29 is 9.59 Å². The summed E-state index contributed by atoms with van der Waals surface area (Å²) in [5.41, 5.74) is 2.26. The largest absolute Gasteiger partial charge is 0.322 e. The van der Waals surface area contributed by atoms with Crippen LogP contribution in [-0.2, 0) is 4.79 Å². The lowest BCUT2D eigenvalue weighted by atomic mass is 10.1. The van der Waals surface area contributed by atoms with Crippen LogP contribution < -0.4 is 10.6 Å². The SMILES string of the molecule is CC/C=C\C(C#Cc1ccc(C2NC(=O)NC2=O)cc1)=NC. The van der Waals surface area contributed by atoms with Gasteiger partial charge in [-0.3, -0.25) is 15.1 Å². The molecule has 1 heterocycles. The molecule has 1 aromatic carbocycles. The Morgan fingerprint density at radius 1 is 1.32 bits per heavy atom. The Hall–Kier alpha value is -2.87. The third kappa shape index (κ3) is 3.83. The van der Waals surface area contributed by atoms with Crippen molar-refractivity contribution in [3.63, 3.8) is 0 Å². The molecule has 5 heteroatoms. The normalized spacial score (nSPS) is 17.9. The molecule has 2 N–H and O–H groups in total. The number of carbonyl (C=O) groups excluding carboxylic acids is 2. The van der Waals surface area contributed by atoms with E-state index in [1.54, 1.807) is 19.2 Å². The fourth-order valence-corrected chi connectivity index (χ4v) is 1.95. The van der Waals surface area contributed by atoms with Gasteiger partial charge >= 0.3 is 6.03 Å². The van der Waals surface area contributed by atoms with E-state index in [4.69, 9.17) is 0 Å². The molecule has 1 aliphatic heterocycles. The Morgan fingerprint density at radius 3 is 2.59 bits per heavy atom. The number of hydrogen-bond donors (Lipinski definition) is 2. The Balaban J connectivity index is 2.12. The van der Waals surface area contributed by atoms with Gasteiger partial charge in [0.25, 0.3) is 5.91 Å². The molecule has 1 atom stereocenters. The van der Waals surface area contributed by atoms with E-state index in [0.29, 0.717) is 5.71 Å². The zero-order valence-electron chi connectivity index (χ0n) is 12.5. The van der Waals surface area contributed by atoms with Crippen LogP contribution in [0.1, 0.15) is 30.5 Å². The first-order chi connectivity index (χ1) is 10.6. The number of benzene rings is 1. The molecule has 2 rings (SSSR count). The Labute approximate surface area is 129 Å². The summed E-state index contributed by atoms with van der Waals surface area (Å²) in [7, 11) is 1.70. The van der Waals surface area contributed by atoms with E-state index in [9.17, 15) is 9.59 Å². The van der Waals surface area contributed by atoms with Gasteiger partial charge in [-0.1, -0.05) is 31.1 Å². The number of aliphatic imine (C=N–C) groups is 1. The monoisotopic (exact) mass is 295 g/mol. The highest BCUT2D eigenvalue weighted by atomic mass is 16.2. The number of carbonyl (C=O) groups is 2. The Bertz CT molecular complexity index is 691. The van der Waals surface area contributed by atoms with Crippen molar-refractivity contribution in [2.24, 2.45) is 4.99 Å². The summed E-state index contributed by atoms with van der Waals surface area (Å²) in [4.78, 5) is 26.8. The van der Waals surface area contributed by atoms with Gasteiger partial charge < -0.3 is 5.32 Å². The summed E-state index contributed by atoms with van der Waals surface area (Å²) in [6.07, 6.45) is 4.83. The van der Waals surface area contributed by atoms with Crippen LogP contribution >= 0.6 is 0 Å². The van der Waals surface area contributed by atoms with E-state index in [2.05, 4.69) is 27.5 Å². The van der Waals surface area contributed by atoms with Gasteiger partial charge in [0.2, 0.25) is 0 Å². The van der Waals surface area contributed by atoms with Crippen molar-refractivity contribution in [2.75, 3.05) is 7.05 Å². The second-order valence-corrected chi connectivity index (χ2v) is 4.69. The molecule has 1 aliphatic rings. The molecule has 1 fully saturated rings. The zero-order chi connectivity index (χ0) is 15.9. The van der Waals surface area contributed by atoms with Crippen molar-refractivity contribution >= 4 is 17.6 Å². The molecule has 0 aliphatic carbocycles. The highest BCUT2D eigenvalue weighted by Crippen LogP contribution is 2.16. The molecule has 0 radical (unpaired) electrons. The number of hydrogen-bond acceptors (Lipinski definition) is 3. The van der Waals surface area contributed by atoms with Crippen molar-refractivity contribution in [1.82, 2.24) is 10.6 Å². The summed E-state index contributed by atoms with van der Waals surface area (Å²) >= 11 is 0. The molecule has 0 aromatic heterocycles. The van der Waals surface area contributed by atoms with Crippen molar-refractivity contribution in [3.8, 4) is 11.8 Å². The molecule has 0 saturated carbocycles. The minimum Gasteiger partial charge on any atom is -0.322 e. The average molecular weight is 295 g/mol. The number of nitrogens with one attached hydrogen (secondary N) is 2. The lowest BCUT2D eigenvalue weighted by Gasteiger charge is -2.06. The third-order valence-corrected chi connectivity index (χ3v) is 3.11. The maximum atomic E-state index is 11.6. The molecule has 3 amide bonds. The number of allylic oxidation sites excluding steroid dienone is 2. The number of imide groups is 1. The molecule has 0 spiro atoms. The summed E-state index contributed by atoms with van der Waals surface area (Å²) in [6.45, 7) is 2.05. The first-order valence-electron chi connectivity index (χ1n) is 7.00. The van der Waals surface area contributed by atoms with Crippen LogP contribution in [0.2, 0.25) is 0 Å². The summed E-state index contributed by atoms with van der Waals surface area (Å²) in [5, 5.41) is 4.76. The fraction of sp³-hybridized carbons (Fsp3) is 0.235. The minimum atomic E-state index is -0.630. The van der Waals surface area contributed by atoms with Gasteiger partial charge in [0.05, 0.1) is 0 Å². The molecule has 112 valence electrons. The number of nitrogens with zero attached hydrogens (tertiary/aromatic N) is 1. The number of rotatable bonds is 3. The lowest BCUT2D eigenvalue weighted by molar-refractivity contribution is -0.120. The topological polar surface area (TPSA) is 70.6 Å². The van der Waals surface area contributed by atoms with E-state index >= 15 is 0 Å². The summed E-state index contributed by atoms with van der Waals surface area (Å²) in [5.74, 6) is 5.67. The Morgan fingerprint density at radius 2 is 2.05 bits per heavy atom. The summed E-state index contributed by atoms with van der Waals surface area (Å²) in [6, 6.07) is 6.10. The predicted octanol–water partition coefficient (Wildman–Crippen LogP) is 1.96. The number of urea groups is 1. The standard InChI is InChI=1S/C17H17N3O2/c1-3-4-5-14(18-2)11-8-12-6-9-13(10-7-12)15-16(21)20-17(22)19-15/h4-7,9-10,15H,3H2,1-2H3,(H2,19,20,21,22)/b5-4-,18-14?. The second kappa shape index (κ2) is 7.23. The third-order valence-electron chi connectivity index (χ3n) is 3.11. The Kier molecular flexibility index (Phi) is 5.10. The first-order valence-corrected chi connectivity index (χ1v) is 7.00. The van der Waals surface area contributed by atoms with E-state index in [0.717, 1.165) is 17.5 Å². The lowest BCUT2D eigenvalue weighted by Crippen LogP contribution is -2.22. The molecule has 22 heavy (non-hydrogen) atoms. The zero-order valence-corrected chi connectivity index (χ0v) is 12.5. The van der Waals surface area contributed by atoms with Gasteiger partial charge in [-0.05, 0) is 36.1 Å². The van der Waals surface area contributed by atoms with Crippen molar-refractivity contribution in [1.29, 1.82) is 0 Å². The van der Waals surface area contributed by atoms with Crippen LogP contribution in [0.5, 0.6) is 0 Å². The van der Waals surface area contributed by atoms with Crippen LogP contribution in [0, 0.1) is 11.8 Å². The average Bonchev–Trinajstić information content (AvgIpc) is 2.87. The van der Waals surface area contributed by atoms with E-state index < -0.39 is 12.1 Å². The number of amides is 3. The van der Waals surface area contributed by atoms with Crippen LogP contribution in [0.15, 0.2) is 41.4 Å². The summed E-state index contributed by atoms with van der Waals surface area (Å²) < 4.78 is 0. The van der Waals surface area contributed by atoms with Gasteiger partial charge in [-0.2, -0.15) is 0 Å². The van der Waals surface area contributed by atoms with Gasteiger partial charge in [-0.15, -0.1) is 0 Å². The van der Waals surface area contributed by atoms with Crippen LogP contribution in [0.25, 0.3) is 0 Å². The van der Waals surface area contributed by atoms with Crippen molar-refractivity contribution in [3.05, 3.63) is 47.5 Å². The van der Waals surface area contributed by atoms with Crippen LogP contribution in [-0.4, -0.2) is 24.7 Å².